The fourth-order valence-electron chi connectivity index (χ4n) is 1.17. The van der Waals surface area contributed by atoms with E-state index in [9.17, 15) is 19.0 Å². The maximum absolute atomic E-state index is 11.7. The van der Waals surface area contributed by atoms with Gasteiger partial charge in [-0.2, -0.15) is 0 Å². The largest absolute Gasteiger partial charge is 0.472 e. The molecule has 21 heavy (non-hydrogen) atoms. The molecule has 0 aliphatic rings. The zero-order chi connectivity index (χ0) is 16.5. The average molecular weight is 326 g/mol. The van der Waals surface area contributed by atoms with Crippen LogP contribution in [-0.2, 0) is 32.7 Å². The van der Waals surface area contributed by atoms with E-state index in [1.165, 1.54) is 13.8 Å². The average Bonchev–Trinajstić information content (AvgIpc) is 2.40. The molecule has 0 spiro atoms. The lowest BCUT2D eigenvalue weighted by Crippen LogP contribution is -2.21. The van der Waals surface area contributed by atoms with E-state index in [4.69, 9.17) is 18.5 Å². The van der Waals surface area contributed by atoms with Crippen molar-refractivity contribution in [3.05, 3.63) is 0 Å². The highest BCUT2D eigenvalue weighted by molar-refractivity contribution is 7.47. The molecule has 0 radical (unpaired) electrons. The zero-order valence-electron chi connectivity index (χ0n) is 12.7. The van der Waals surface area contributed by atoms with Crippen LogP contribution in [0.5, 0.6) is 0 Å². The van der Waals surface area contributed by atoms with Crippen LogP contribution < -0.4 is 0 Å². The summed E-state index contributed by atoms with van der Waals surface area (Å²) in [6.45, 7) is 5.90. The van der Waals surface area contributed by atoms with E-state index in [0.29, 0.717) is 0 Å². The molecule has 0 amide bonds. The molecule has 0 aromatic heterocycles. The molecule has 1 N–H and O–H groups in total. The van der Waals surface area contributed by atoms with Crippen LogP contribution in [0.1, 0.15) is 40.5 Å². The summed E-state index contributed by atoms with van der Waals surface area (Å²) >= 11 is 0. The van der Waals surface area contributed by atoms with Crippen LogP contribution >= 0.6 is 7.82 Å². The van der Waals surface area contributed by atoms with Crippen molar-refractivity contribution in [1.29, 1.82) is 0 Å². The van der Waals surface area contributed by atoms with Gasteiger partial charge in [0.1, 0.15) is 25.4 Å². The molecule has 0 saturated heterocycles. The molecule has 124 valence electrons. The van der Waals surface area contributed by atoms with Crippen molar-refractivity contribution >= 4 is 19.8 Å². The van der Waals surface area contributed by atoms with E-state index in [0.717, 1.165) is 0 Å². The van der Waals surface area contributed by atoms with Crippen LogP contribution in [0.4, 0.5) is 0 Å². The third-order valence-corrected chi connectivity index (χ3v) is 3.41. The Hall–Kier alpha value is -0.950. The predicted molar refractivity (Wildman–Crippen MR) is 73.4 cm³/mol. The molecule has 0 aliphatic heterocycles. The highest BCUT2D eigenvalue weighted by Crippen LogP contribution is 2.45. The SMILES string of the molecule is CCC(=O)OCC(C)OP(=O)(O)OC(C)COC(=O)CC. The van der Waals surface area contributed by atoms with Crippen LogP contribution in [0.25, 0.3) is 0 Å². The fraction of sp³-hybridized carbons (Fsp3) is 0.833. The first-order chi connectivity index (χ1) is 9.70. The summed E-state index contributed by atoms with van der Waals surface area (Å²) < 4.78 is 30.9. The molecule has 0 fully saturated rings. The molecular formula is C12H23O8P. The second-order valence-electron chi connectivity index (χ2n) is 4.37. The lowest BCUT2D eigenvalue weighted by molar-refractivity contribution is -0.146. The van der Waals surface area contributed by atoms with E-state index >= 15 is 0 Å². The van der Waals surface area contributed by atoms with Crippen molar-refractivity contribution < 1.29 is 37.6 Å². The summed E-state index contributed by atoms with van der Waals surface area (Å²) in [5.41, 5.74) is 0. The summed E-state index contributed by atoms with van der Waals surface area (Å²) in [7, 11) is -4.32. The maximum Gasteiger partial charge on any atom is 0.472 e. The second-order valence-corrected chi connectivity index (χ2v) is 5.73. The van der Waals surface area contributed by atoms with Gasteiger partial charge in [-0.3, -0.25) is 18.6 Å². The topological polar surface area (TPSA) is 108 Å². The zero-order valence-corrected chi connectivity index (χ0v) is 13.6. The first-order valence-corrected chi connectivity index (χ1v) is 8.20. The number of hydrogen-bond donors (Lipinski definition) is 1. The summed E-state index contributed by atoms with van der Waals surface area (Å²) in [4.78, 5) is 31.4. The minimum absolute atomic E-state index is 0.153. The van der Waals surface area contributed by atoms with Gasteiger partial charge in [0, 0.05) is 12.8 Å². The Morgan fingerprint density at radius 1 is 0.952 bits per heavy atom. The Bertz CT molecular complexity index is 351. The first kappa shape index (κ1) is 20.1. The molecule has 2 atom stereocenters. The molecule has 0 heterocycles. The quantitative estimate of drug-likeness (QED) is 0.478. The van der Waals surface area contributed by atoms with E-state index in [-0.39, 0.29) is 26.1 Å². The molecule has 0 aromatic carbocycles. The first-order valence-electron chi connectivity index (χ1n) is 6.71. The summed E-state index contributed by atoms with van der Waals surface area (Å²) in [6, 6.07) is 0. The highest BCUT2D eigenvalue weighted by Gasteiger charge is 2.28. The molecule has 0 saturated carbocycles. The predicted octanol–water partition coefficient (Wildman–Crippen LogP) is 1.80. The summed E-state index contributed by atoms with van der Waals surface area (Å²) in [5.74, 6) is -0.863. The number of esters is 2. The van der Waals surface area contributed by atoms with E-state index in [2.05, 4.69) is 0 Å². The van der Waals surface area contributed by atoms with Gasteiger partial charge in [0.25, 0.3) is 0 Å². The van der Waals surface area contributed by atoms with Crippen molar-refractivity contribution in [2.45, 2.75) is 52.7 Å². The smallest absolute Gasteiger partial charge is 0.463 e. The second kappa shape index (κ2) is 9.89. The molecular weight excluding hydrogens is 303 g/mol. The van der Waals surface area contributed by atoms with Crippen molar-refractivity contribution in [3.63, 3.8) is 0 Å². The van der Waals surface area contributed by atoms with Gasteiger partial charge in [-0.05, 0) is 13.8 Å². The Kier molecular flexibility index (Phi) is 9.44. The van der Waals surface area contributed by atoms with Crippen molar-refractivity contribution in [3.8, 4) is 0 Å². The number of carbonyl (C=O) groups is 2. The van der Waals surface area contributed by atoms with Crippen molar-refractivity contribution in [1.82, 2.24) is 0 Å². The van der Waals surface area contributed by atoms with E-state index < -0.39 is 32.0 Å². The number of phosphoric acid groups is 1. The lowest BCUT2D eigenvalue weighted by Gasteiger charge is -2.20. The molecule has 0 bridgehead atoms. The third-order valence-electron chi connectivity index (χ3n) is 2.16. The molecule has 0 aromatic rings. The van der Waals surface area contributed by atoms with Gasteiger partial charge in [-0.15, -0.1) is 0 Å². The summed E-state index contributed by atoms with van der Waals surface area (Å²) in [5, 5.41) is 0. The summed E-state index contributed by atoms with van der Waals surface area (Å²) in [6.07, 6.45) is -1.19. The maximum atomic E-state index is 11.7. The number of hydrogen-bond acceptors (Lipinski definition) is 7. The fourth-order valence-corrected chi connectivity index (χ4v) is 2.25. The van der Waals surface area contributed by atoms with Gasteiger partial charge in [-0.25, -0.2) is 4.57 Å². The molecule has 0 rings (SSSR count). The molecule has 2 unspecified atom stereocenters. The monoisotopic (exact) mass is 326 g/mol. The third kappa shape index (κ3) is 10.4. The van der Waals surface area contributed by atoms with Gasteiger partial charge >= 0.3 is 19.8 Å². The van der Waals surface area contributed by atoms with E-state index in [1.807, 2.05) is 0 Å². The Morgan fingerprint density at radius 2 is 1.29 bits per heavy atom. The number of carbonyl (C=O) groups excluding carboxylic acids is 2. The standard InChI is InChI=1S/C12H23O8P/c1-5-11(13)17-7-9(3)19-21(15,16)20-10(4)8-18-12(14)6-2/h9-10H,5-8H2,1-4H3,(H,15,16). The number of ether oxygens (including phenoxy) is 2. The molecule has 8 nitrogen and oxygen atoms in total. The Labute approximate surface area is 124 Å². The van der Waals surface area contributed by atoms with Crippen LogP contribution in [0.2, 0.25) is 0 Å². The van der Waals surface area contributed by atoms with E-state index in [1.54, 1.807) is 13.8 Å². The van der Waals surface area contributed by atoms with Gasteiger partial charge in [-0.1, -0.05) is 13.8 Å². The van der Waals surface area contributed by atoms with Crippen LogP contribution in [0.15, 0.2) is 0 Å². The van der Waals surface area contributed by atoms with Crippen LogP contribution in [0, 0.1) is 0 Å². The number of phosphoric ester groups is 1. The lowest BCUT2D eigenvalue weighted by atomic mass is 10.4. The molecule has 9 heteroatoms. The van der Waals surface area contributed by atoms with Crippen LogP contribution in [-0.4, -0.2) is 42.3 Å². The van der Waals surface area contributed by atoms with Gasteiger partial charge < -0.3 is 14.4 Å². The van der Waals surface area contributed by atoms with Crippen molar-refractivity contribution in [2.24, 2.45) is 0 Å². The van der Waals surface area contributed by atoms with Gasteiger partial charge in [0.05, 0.1) is 0 Å². The molecule has 0 aliphatic carbocycles. The van der Waals surface area contributed by atoms with Crippen molar-refractivity contribution in [2.75, 3.05) is 13.2 Å². The highest BCUT2D eigenvalue weighted by atomic mass is 31.2. The Morgan fingerprint density at radius 3 is 1.57 bits per heavy atom. The minimum atomic E-state index is -4.32. The normalized spacial score (nSPS) is 16.6. The van der Waals surface area contributed by atoms with Crippen LogP contribution in [0.3, 0.4) is 0 Å². The van der Waals surface area contributed by atoms with Gasteiger partial charge in [0.15, 0.2) is 0 Å². The number of rotatable bonds is 10. The van der Waals surface area contributed by atoms with Gasteiger partial charge in [0.2, 0.25) is 0 Å². The minimum Gasteiger partial charge on any atom is -0.463 e. The Balaban J connectivity index is 4.14.